The zero-order valence-corrected chi connectivity index (χ0v) is 21.8. The minimum atomic E-state index is -4.65. The number of carbonyl (C=O) groups is 3. The summed E-state index contributed by atoms with van der Waals surface area (Å²) in [5.41, 5.74) is 13.8. The van der Waals surface area contributed by atoms with E-state index in [0.717, 1.165) is 31.5 Å². The number of benzene rings is 1. The molecule has 0 radical (unpaired) electrons. The summed E-state index contributed by atoms with van der Waals surface area (Å²) in [5.74, 6) is -0.574. The summed E-state index contributed by atoms with van der Waals surface area (Å²) in [6, 6.07) is 8.18. The highest BCUT2D eigenvalue weighted by atomic mass is 19.4. The van der Waals surface area contributed by atoms with Gasteiger partial charge in [0.15, 0.2) is 0 Å². The molecule has 1 saturated carbocycles. The number of aryl methyl sites for hydroxylation is 1. The Kier molecular flexibility index (Phi) is 9.49. The fourth-order valence-electron chi connectivity index (χ4n) is 3.55. The highest BCUT2D eigenvalue weighted by molar-refractivity contribution is 6.06. The van der Waals surface area contributed by atoms with Crippen LogP contribution in [0.5, 0.6) is 0 Å². The third-order valence-corrected chi connectivity index (χ3v) is 5.98. The normalized spacial score (nSPS) is 14.9. The number of hydrogen-bond acceptors (Lipinski definition) is 6. The molecule has 0 bridgehead atoms. The number of rotatable bonds is 10. The molecule has 1 aromatic carbocycles. The first-order valence-electron chi connectivity index (χ1n) is 12.2. The standard InChI is InChI=1S/C28H29F3N6O3/c1-16-3-6-22(36-27(40)21(14-34-15-38)9-17(2)28(29,30)31)12-23(16)24(33)10-20(13-32)19-7-8-35-25(11-19)37-26(39)18-4-5-18/h3,6-15,18H,4-5,32-33H2,1-2H3,(H,34,38)(H,36,40)(H,35,37,39)/b17-9+,20-13+,21-14+,24-10-. The summed E-state index contributed by atoms with van der Waals surface area (Å²) in [6.45, 7) is 2.60. The minimum Gasteiger partial charge on any atom is -0.404 e. The van der Waals surface area contributed by atoms with E-state index < -0.39 is 23.2 Å². The molecule has 210 valence electrons. The van der Waals surface area contributed by atoms with E-state index in [4.69, 9.17) is 11.5 Å². The van der Waals surface area contributed by atoms with Gasteiger partial charge in [-0.25, -0.2) is 4.98 Å². The largest absolute Gasteiger partial charge is 0.412 e. The van der Waals surface area contributed by atoms with Crippen LogP contribution >= 0.6 is 0 Å². The van der Waals surface area contributed by atoms with Crippen LogP contribution in [0.3, 0.4) is 0 Å². The second kappa shape index (κ2) is 12.8. The predicted octanol–water partition coefficient (Wildman–Crippen LogP) is 4.11. The van der Waals surface area contributed by atoms with Gasteiger partial charge in [0.1, 0.15) is 5.82 Å². The molecule has 2 aromatic rings. The van der Waals surface area contributed by atoms with Crippen LogP contribution in [0.1, 0.15) is 36.5 Å². The van der Waals surface area contributed by atoms with Crippen molar-refractivity contribution in [1.82, 2.24) is 10.3 Å². The molecular formula is C28H29F3N6O3. The van der Waals surface area contributed by atoms with Crippen molar-refractivity contribution in [3.8, 4) is 0 Å². The molecule has 40 heavy (non-hydrogen) atoms. The van der Waals surface area contributed by atoms with Gasteiger partial charge in [0, 0.05) is 47.0 Å². The van der Waals surface area contributed by atoms with Gasteiger partial charge in [-0.1, -0.05) is 6.07 Å². The van der Waals surface area contributed by atoms with Crippen LogP contribution in [-0.2, 0) is 14.4 Å². The van der Waals surface area contributed by atoms with Gasteiger partial charge >= 0.3 is 6.18 Å². The summed E-state index contributed by atoms with van der Waals surface area (Å²) in [4.78, 5) is 39.7. The van der Waals surface area contributed by atoms with Gasteiger partial charge in [0.2, 0.25) is 12.3 Å². The van der Waals surface area contributed by atoms with E-state index in [1.165, 1.54) is 12.4 Å². The topological polar surface area (TPSA) is 152 Å². The molecule has 3 rings (SSSR count). The van der Waals surface area contributed by atoms with Crippen molar-refractivity contribution in [1.29, 1.82) is 0 Å². The summed E-state index contributed by atoms with van der Waals surface area (Å²) in [6.07, 6.45) is 3.29. The number of alkyl halides is 3. The van der Waals surface area contributed by atoms with E-state index in [0.29, 0.717) is 28.6 Å². The van der Waals surface area contributed by atoms with E-state index in [1.54, 1.807) is 43.3 Å². The molecule has 1 fully saturated rings. The van der Waals surface area contributed by atoms with Crippen molar-refractivity contribution in [2.24, 2.45) is 17.4 Å². The Hall–Kier alpha value is -4.87. The number of amides is 3. The van der Waals surface area contributed by atoms with Crippen LogP contribution in [0.2, 0.25) is 0 Å². The lowest BCUT2D eigenvalue weighted by Gasteiger charge is -2.13. The van der Waals surface area contributed by atoms with Gasteiger partial charge in [-0.05, 0) is 79.8 Å². The second-order valence-electron chi connectivity index (χ2n) is 9.11. The van der Waals surface area contributed by atoms with Crippen LogP contribution in [0, 0.1) is 12.8 Å². The SMILES string of the molecule is C/C(=C\C(=C/NC=O)C(=O)Nc1ccc(C)c(/C(N)=C/C(=C\N)c2ccnc(NC(=O)C3CC3)c2)c1)C(F)(F)F. The Morgan fingerprint density at radius 2 is 1.82 bits per heavy atom. The number of nitrogens with one attached hydrogen (secondary N) is 3. The molecule has 0 saturated heterocycles. The van der Waals surface area contributed by atoms with Crippen molar-refractivity contribution in [3.05, 3.63) is 88.9 Å². The van der Waals surface area contributed by atoms with Crippen LogP contribution in [0.4, 0.5) is 24.7 Å². The highest BCUT2D eigenvalue weighted by Gasteiger charge is 2.31. The maximum absolute atomic E-state index is 13.0. The molecular weight excluding hydrogens is 525 g/mol. The van der Waals surface area contributed by atoms with E-state index in [1.807, 2.05) is 0 Å². The van der Waals surface area contributed by atoms with Crippen molar-refractivity contribution < 1.29 is 27.6 Å². The van der Waals surface area contributed by atoms with E-state index >= 15 is 0 Å². The van der Waals surface area contributed by atoms with Crippen molar-refractivity contribution in [2.75, 3.05) is 10.6 Å². The number of aromatic nitrogens is 1. The van der Waals surface area contributed by atoms with Crippen LogP contribution in [0.25, 0.3) is 11.3 Å². The molecule has 0 atom stereocenters. The zero-order valence-electron chi connectivity index (χ0n) is 21.8. The first-order valence-corrected chi connectivity index (χ1v) is 12.2. The molecule has 0 spiro atoms. The molecule has 9 nitrogen and oxygen atoms in total. The number of anilines is 2. The van der Waals surface area contributed by atoms with Gasteiger partial charge in [0.05, 0.1) is 5.57 Å². The molecule has 12 heteroatoms. The Bertz CT molecular complexity index is 1420. The number of nitrogens with two attached hydrogens (primary N) is 2. The lowest BCUT2D eigenvalue weighted by Crippen LogP contribution is -2.18. The van der Waals surface area contributed by atoms with E-state index in [9.17, 15) is 27.6 Å². The quantitative estimate of drug-likeness (QED) is 0.169. The minimum absolute atomic E-state index is 0.0128. The molecule has 1 aliphatic carbocycles. The van der Waals surface area contributed by atoms with Crippen molar-refractivity contribution >= 4 is 41.0 Å². The highest BCUT2D eigenvalue weighted by Crippen LogP contribution is 2.31. The zero-order chi connectivity index (χ0) is 29.4. The number of pyridine rings is 1. The second-order valence-corrected chi connectivity index (χ2v) is 9.11. The number of carbonyl (C=O) groups excluding carboxylic acids is 3. The fourth-order valence-corrected chi connectivity index (χ4v) is 3.55. The molecule has 7 N–H and O–H groups in total. The summed E-state index contributed by atoms with van der Waals surface area (Å²) in [7, 11) is 0. The molecule has 1 aliphatic rings. The van der Waals surface area contributed by atoms with E-state index in [2.05, 4.69) is 20.9 Å². The number of allylic oxidation sites excluding steroid dienone is 3. The average Bonchev–Trinajstić information content (AvgIpc) is 3.76. The van der Waals surface area contributed by atoms with Gasteiger partial charge in [-0.3, -0.25) is 14.4 Å². The monoisotopic (exact) mass is 554 g/mol. The van der Waals surface area contributed by atoms with Gasteiger partial charge in [-0.15, -0.1) is 0 Å². The van der Waals surface area contributed by atoms with Crippen molar-refractivity contribution in [2.45, 2.75) is 32.9 Å². The van der Waals surface area contributed by atoms with E-state index in [-0.39, 0.29) is 29.6 Å². The molecule has 1 heterocycles. The molecule has 1 aromatic heterocycles. The van der Waals surface area contributed by atoms with Crippen LogP contribution < -0.4 is 27.4 Å². The number of hydrogen-bond donors (Lipinski definition) is 5. The maximum Gasteiger partial charge on any atom is 0.412 e. The number of nitrogens with zero attached hydrogens (tertiary/aromatic N) is 1. The summed E-state index contributed by atoms with van der Waals surface area (Å²) < 4.78 is 39.0. The third kappa shape index (κ3) is 8.06. The fraction of sp³-hybridized carbons (Fsp3) is 0.214. The Balaban J connectivity index is 1.85. The maximum atomic E-state index is 13.0. The Morgan fingerprint density at radius 3 is 2.45 bits per heavy atom. The first-order chi connectivity index (χ1) is 18.9. The Labute approximate surface area is 228 Å². The first kappa shape index (κ1) is 29.7. The summed E-state index contributed by atoms with van der Waals surface area (Å²) in [5, 5.41) is 7.39. The molecule has 0 unspecified atom stereocenters. The average molecular weight is 555 g/mol. The van der Waals surface area contributed by atoms with Gasteiger partial charge < -0.3 is 27.4 Å². The van der Waals surface area contributed by atoms with Crippen LogP contribution in [-0.4, -0.2) is 29.4 Å². The lowest BCUT2D eigenvalue weighted by molar-refractivity contribution is -0.117. The van der Waals surface area contributed by atoms with Crippen LogP contribution in [0.15, 0.2) is 72.2 Å². The van der Waals surface area contributed by atoms with Gasteiger partial charge in [0.25, 0.3) is 5.91 Å². The molecule has 0 aliphatic heterocycles. The van der Waals surface area contributed by atoms with Crippen molar-refractivity contribution in [3.63, 3.8) is 0 Å². The predicted molar refractivity (Wildman–Crippen MR) is 147 cm³/mol. The summed E-state index contributed by atoms with van der Waals surface area (Å²) >= 11 is 0. The Morgan fingerprint density at radius 1 is 1.10 bits per heavy atom. The smallest absolute Gasteiger partial charge is 0.404 e. The van der Waals surface area contributed by atoms with Gasteiger partial charge in [-0.2, -0.15) is 13.2 Å². The third-order valence-electron chi connectivity index (χ3n) is 5.98. The number of halogens is 3. The molecule has 3 amide bonds. The lowest BCUT2D eigenvalue weighted by atomic mass is 10.0.